The van der Waals surface area contributed by atoms with Gasteiger partial charge in [0, 0.05) is 32.6 Å². The van der Waals surface area contributed by atoms with Crippen molar-refractivity contribution in [2.24, 2.45) is 0 Å². The van der Waals surface area contributed by atoms with Crippen LogP contribution in [0.3, 0.4) is 0 Å². The first-order valence-electron chi connectivity index (χ1n) is 9.02. The summed E-state index contributed by atoms with van der Waals surface area (Å²) < 4.78 is 5.20. The van der Waals surface area contributed by atoms with Crippen molar-refractivity contribution < 1.29 is 9.32 Å². The Hall–Kier alpha value is -2.74. The van der Waals surface area contributed by atoms with E-state index in [4.69, 9.17) is 4.52 Å². The lowest BCUT2D eigenvalue weighted by molar-refractivity contribution is -0.131. The van der Waals surface area contributed by atoms with E-state index in [1.54, 1.807) is 13.1 Å². The Morgan fingerprint density at radius 2 is 1.96 bits per heavy atom. The van der Waals surface area contributed by atoms with Crippen molar-refractivity contribution >= 4 is 22.4 Å². The molecule has 7 nitrogen and oxygen atoms in total. The number of anilines is 1. The van der Waals surface area contributed by atoms with Crippen LogP contribution in [-0.4, -0.2) is 52.1 Å². The van der Waals surface area contributed by atoms with Gasteiger partial charge in [0.15, 0.2) is 11.0 Å². The van der Waals surface area contributed by atoms with Gasteiger partial charge >= 0.3 is 0 Å². The number of carbonyl (C=O) groups is 1. The summed E-state index contributed by atoms with van der Waals surface area (Å²) in [5.74, 6) is 1.34. The second-order valence-corrected chi connectivity index (χ2v) is 7.52. The molecule has 1 aliphatic rings. The molecule has 27 heavy (non-hydrogen) atoms. The highest BCUT2D eigenvalue weighted by atomic mass is 32.1. The highest BCUT2D eigenvalue weighted by molar-refractivity contribution is 7.18. The molecule has 0 N–H and O–H groups in total. The maximum absolute atomic E-state index is 12.5. The summed E-state index contributed by atoms with van der Waals surface area (Å²) in [5.41, 5.74) is 1.20. The minimum absolute atomic E-state index is 0.222. The number of piperazine rings is 1. The molecule has 0 bridgehead atoms. The maximum Gasteiger partial charge on any atom is 0.269 e. The van der Waals surface area contributed by atoms with Gasteiger partial charge in [0.25, 0.3) is 5.89 Å². The van der Waals surface area contributed by atoms with Gasteiger partial charge in [-0.3, -0.25) is 4.79 Å². The maximum atomic E-state index is 12.5. The molecule has 0 saturated carbocycles. The van der Waals surface area contributed by atoms with E-state index in [1.165, 1.54) is 16.9 Å². The van der Waals surface area contributed by atoms with Crippen LogP contribution in [0, 0.1) is 6.92 Å². The highest BCUT2D eigenvalue weighted by Gasteiger charge is 2.23. The van der Waals surface area contributed by atoms with Crippen molar-refractivity contribution in [3.63, 3.8) is 0 Å². The molecule has 2 aromatic heterocycles. The molecule has 1 amide bonds. The second-order valence-electron chi connectivity index (χ2n) is 6.51. The summed E-state index contributed by atoms with van der Waals surface area (Å²) in [6.45, 7) is 4.81. The van der Waals surface area contributed by atoms with Crippen LogP contribution in [0.5, 0.6) is 0 Å². The van der Waals surface area contributed by atoms with Crippen molar-refractivity contribution in [1.82, 2.24) is 20.0 Å². The molecule has 8 heteroatoms. The third-order valence-corrected chi connectivity index (χ3v) is 5.65. The van der Waals surface area contributed by atoms with Crippen LogP contribution in [0.15, 0.2) is 41.1 Å². The smallest absolute Gasteiger partial charge is 0.269 e. The molecule has 1 saturated heterocycles. The number of nitrogens with zero attached hydrogens (tertiary/aromatic N) is 5. The number of benzene rings is 1. The molecule has 140 valence electrons. The Labute approximate surface area is 161 Å². The Balaban J connectivity index is 1.30. The van der Waals surface area contributed by atoms with Gasteiger partial charge in [0.05, 0.1) is 6.20 Å². The predicted octanol–water partition coefficient (Wildman–Crippen LogP) is 2.78. The molecule has 0 unspecified atom stereocenters. The molecule has 1 fully saturated rings. The fourth-order valence-corrected chi connectivity index (χ4v) is 4.00. The molecule has 1 aliphatic heterocycles. The van der Waals surface area contributed by atoms with Gasteiger partial charge in [-0.25, -0.2) is 4.98 Å². The third-order valence-electron chi connectivity index (χ3n) is 4.61. The minimum atomic E-state index is 0.222. The second kappa shape index (κ2) is 7.87. The Morgan fingerprint density at radius 3 is 2.67 bits per heavy atom. The van der Waals surface area contributed by atoms with E-state index >= 15 is 0 Å². The summed E-state index contributed by atoms with van der Waals surface area (Å²) in [4.78, 5) is 26.2. The SMILES string of the molecule is Cc1noc(-c2cnc(N3CCN(C(=O)CCc4ccccc4)CC3)s2)n1. The van der Waals surface area contributed by atoms with E-state index in [0.29, 0.717) is 18.1 Å². The fraction of sp³-hybridized carbons (Fsp3) is 0.368. The van der Waals surface area contributed by atoms with Crippen LogP contribution in [0.4, 0.5) is 5.13 Å². The van der Waals surface area contributed by atoms with Crippen molar-refractivity contribution in [2.45, 2.75) is 19.8 Å². The number of amides is 1. The monoisotopic (exact) mass is 383 g/mol. The van der Waals surface area contributed by atoms with Crippen molar-refractivity contribution in [2.75, 3.05) is 31.1 Å². The standard InChI is InChI=1S/C19H21N5O2S/c1-14-21-18(26-22-14)16-13-20-19(27-16)24-11-9-23(10-12-24)17(25)8-7-15-5-3-2-4-6-15/h2-6,13H,7-12H2,1H3. The molecular formula is C19H21N5O2S. The van der Waals surface area contributed by atoms with Crippen molar-refractivity contribution in [3.8, 4) is 10.8 Å². The Bertz CT molecular complexity index is 900. The minimum Gasteiger partial charge on any atom is -0.345 e. The largest absolute Gasteiger partial charge is 0.345 e. The third kappa shape index (κ3) is 4.16. The van der Waals surface area contributed by atoms with Crippen molar-refractivity contribution in [1.29, 1.82) is 0 Å². The summed E-state index contributed by atoms with van der Waals surface area (Å²) in [6, 6.07) is 10.1. The molecule has 3 heterocycles. The lowest BCUT2D eigenvalue weighted by Gasteiger charge is -2.34. The van der Waals surface area contributed by atoms with Gasteiger partial charge in [0.1, 0.15) is 4.88 Å². The van der Waals surface area contributed by atoms with Crippen LogP contribution < -0.4 is 4.90 Å². The number of thiazole rings is 1. The van der Waals surface area contributed by atoms with Crippen LogP contribution >= 0.6 is 11.3 Å². The first-order chi connectivity index (χ1) is 13.2. The first kappa shape index (κ1) is 17.7. The van der Waals surface area contributed by atoms with Gasteiger partial charge in [0.2, 0.25) is 5.91 Å². The van der Waals surface area contributed by atoms with E-state index in [-0.39, 0.29) is 5.91 Å². The van der Waals surface area contributed by atoms with Gasteiger partial charge in [-0.1, -0.05) is 46.8 Å². The lowest BCUT2D eigenvalue weighted by atomic mass is 10.1. The Morgan fingerprint density at radius 1 is 1.19 bits per heavy atom. The topological polar surface area (TPSA) is 75.4 Å². The number of aryl methyl sites for hydroxylation is 2. The lowest BCUT2D eigenvalue weighted by Crippen LogP contribution is -2.48. The zero-order valence-corrected chi connectivity index (χ0v) is 16.0. The molecule has 4 rings (SSSR count). The summed E-state index contributed by atoms with van der Waals surface area (Å²) in [7, 11) is 0. The van der Waals surface area contributed by atoms with Crippen LogP contribution in [-0.2, 0) is 11.2 Å². The van der Waals surface area contributed by atoms with E-state index in [9.17, 15) is 4.79 Å². The number of aromatic nitrogens is 3. The number of hydrogen-bond donors (Lipinski definition) is 0. The summed E-state index contributed by atoms with van der Waals surface area (Å²) in [5, 5.41) is 4.75. The van der Waals surface area contributed by atoms with Gasteiger partial charge in [-0.15, -0.1) is 0 Å². The normalized spacial score (nSPS) is 14.6. The predicted molar refractivity (Wildman–Crippen MR) is 104 cm³/mol. The van der Waals surface area contributed by atoms with Gasteiger partial charge < -0.3 is 14.3 Å². The number of carbonyl (C=O) groups excluding carboxylic acids is 1. The molecule has 1 aromatic carbocycles. The van der Waals surface area contributed by atoms with Crippen LogP contribution in [0.25, 0.3) is 10.8 Å². The molecular weight excluding hydrogens is 362 g/mol. The summed E-state index contributed by atoms with van der Waals surface area (Å²) >= 11 is 1.54. The molecule has 0 spiro atoms. The zero-order chi connectivity index (χ0) is 18.6. The average Bonchev–Trinajstić information content (AvgIpc) is 3.36. The molecule has 3 aromatic rings. The van der Waals surface area contributed by atoms with Gasteiger partial charge in [-0.05, 0) is 18.9 Å². The first-order valence-corrected chi connectivity index (χ1v) is 9.84. The zero-order valence-electron chi connectivity index (χ0n) is 15.2. The average molecular weight is 383 g/mol. The van der Waals surface area contributed by atoms with Gasteiger partial charge in [-0.2, -0.15) is 4.98 Å². The van der Waals surface area contributed by atoms with Crippen molar-refractivity contribution in [3.05, 3.63) is 47.9 Å². The summed E-state index contributed by atoms with van der Waals surface area (Å²) in [6.07, 6.45) is 3.12. The highest BCUT2D eigenvalue weighted by Crippen LogP contribution is 2.30. The van der Waals surface area contributed by atoms with Crippen LogP contribution in [0.2, 0.25) is 0 Å². The molecule has 0 atom stereocenters. The Kier molecular flexibility index (Phi) is 5.15. The van der Waals surface area contributed by atoms with Crippen LogP contribution in [0.1, 0.15) is 17.8 Å². The van der Waals surface area contributed by atoms with E-state index in [2.05, 4.69) is 32.2 Å². The fourth-order valence-electron chi connectivity index (χ4n) is 3.11. The molecule has 0 aliphatic carbocycles. The number of rotatable bonds is 5. The van der Waals surface area contributed by atoms with E-state index < -0.39 is 0 Å². The quantitative estimate of drug-likeness (QED) is 0.674. The number of hydrogen-bond acceptors (Lipinski definition) is 7. The molecule has 0 radical (unpaired) electrons. The van der Waals surface area contributed by atoms with E-state index in [0.717, 1.165) is 42.6 Å². The van der Waals surface area contributed by atoms with E-state index in [1.807, 2.05) is 23.1 Å².